The summed E-state index contributed by atoms with van der Waals surface area (Å²) in [5.74, 6) is 8.66. The summed E-state index contributed by atoms with van der Waals surface area (Å²) in [5.41, 5.74) is 0. The summed E-state index contributed by atoms with van der Waals surface area (Å²) in [7, 11) is 0. The van der Waals surface area contributed by atoms with Gasteiger partial charge in [-0.2, -0.15) is 0 Å². The van der Waals surface area contributed by atoms with Crippen LogP contribution in [0.1, 0.15) is 129 Å². The molecule has 0 aromatic carbocycles. The second-order valence-electron chi connectivity index (χ2n) is 12.2. The monoisotopic (exact) mass is 386 g/mol. The molecule has 4 fully saturated rings. The molecule has 0 aromatic heterocycles. The quantitative estimate of drug-likeness (QED) is 0.442. The highest BCUT2D eigenvalue weighted by Crippen LogP contribution is 2.46. The highest BCUT2D eigenvalue weighted by atomic mass is 14.4. The maximum atomic E-state index is 2.47. The summed E-state index contributed by atoms with van der Waals surface area (Å²) in [4.78, 5) is 0. The Bertz CT molecular complexity index is 421. The largest absolute Gasteiger partial charge is 0.0625 e. The van der Waals surface area contributed by atoms with E-state index in [-0.39, 0.29) is 0 Å². The first kappa shape index (κ1) is 21.2. The van der Waals surface area contributed by atoms with Crippen molar-refractivity contribution in [3.05, 3.63) is 0 Å². The van der Waals surface area contributed by atoms with Gasteiger partial charge in [0.25, 0.3) is 0 Å². The van der Waals surface area contributed by atoms with Crippen molar-refractivity contribution in [3.63, 3.8) is 0 Å². The molecule has 0 spiro atoms. The number of hydrogen-bond donors (Lipinski definition) is 0. The molecule has 162 valence electrons. The third-order valence-electron chi connectivity index (χ3n) is 10.2. The van der Waals surface area contributed by atoms with E-state index in [0.29, 0.717) is 0 Å². The summed E-state index contributed by atoms with van der Waals surface area (Å²) in [6, 6.07) is 0. The van der Waals surface area contributed by atoms with Gasteiger partial charge in [-0.1, -0.05) is 78.1 Å². The lowest BCUT2D eigenvalue weighted by Gasteiger charge is -2.41. The first-order valence-electron chi connectivity index (χ1n) is 13.7. The topological polar surface area (TPSA) is 0 Å². The van der Waals surface area contributed by atoms with Crippen molar-refractivity contribution < 1.29 is 0 Å². The molecule has 0 unspecified atom stereocenters. The van der Waals surface area contributed by atoms with E-state index < -0.39 is 0 Å². The zero-order valence-corrected chi connectivity index (χ0v) is 19.3. The average molecular weight is 387 g/mol. The molecular formula is C28H50. The van der Waals surface area contributed by atoms with Crippen LogP contribution in [0.15, 0.2) is 0 Å². The molecular weight excluding hydrogens is 336 g/mol. The fourth-order valence-corrected chi connectivity index (χ4v) is 7.88. The highest BCUT2D eigenvalue weighted by Gasteiger charge is 2.34. The van der Waals surface area contributed by atoms with Crippen LogP contribution in [0, 0.1) is 47.3 Å². The Balaban J connectivity index is 1.11. The third kappa shape index (κ3) is 5.78. The van der Waals surface area contributed by atoms with E-state index in [1.54, 1.807) is 89.9 Å². The van der Waals surface area contributed by atoms with Crippen molar-refractivity contribution in [1.82, 2.24) is 0 Å². The SMILES string of the molecule is CC1CCC(CCC2CCC(C3CCC(C4CCC(C)CC4)CC3)CC2)CC1. The van der Waals surface area contributed by atoms with Crippen LogP contribution in [0.4, 0.5) is 0 Å². The van der Waals surface area contributed by atoms with Crippen molar-refractivity contribution in [2.45, 2.75) is 129 Å². The van der Waals surface area contributed by atoms with Gasteiger partial charge in [0.15, 0.2) is 0 Å². The Morgan fingerprint density at radius 1 is 0.357 bits per heavy atom. The molecule has 0 atom stereocenters. The standard InChI is InChI=1S/C28H50/c1-21-3-7-23(8-4-21)9-10-24-11-15-26(16-12-24)28-19-17-27(18-20-28)25-13-5-22(2)6-14-25/h21-28H,3-20H2,1-2H3. The van der Waals surface area contributed by atoms with Crippen molar-refractivity contribution in [3.8, 4) is 0 Å². The van der Waals surface area contributed by atoms with Gasteiger partial charge in [-0.05, 0) is 98.7 Å². The van der Waals surface area contributed by atoms with Crippen LogP contribution in [0.2, 0.25) is 0 Å². The third-order valence-corrected chi connectivity index (χ3v) is 10.2. The van der Waals surface area contributed by atoms with Crippen molar-refractivity contribution in [2.24, 2.45) is 47.3 Å². The Morgan fingerprint density at radius 2 is 0.607 bits per heavy atom. The van der Waals surface area contributed by atoms with Crippen LogP contribution >= 0.6 is 0 Å². The summed E-state index contributed by atoms with van der Waals surface area (Å²) in [6.07, 6.45) is 28.1. The summed E-state index contributed by atoms with van der Waals surface area (Å²) >= 11 is 0. The number of rotatable bonds is 5. The Kier molecular flexibility index (Phi) is 7.85. The lowest BCUT2D eigenvalue weighted by Crippen LogP contribution is -2.29. The molecule has 0 aromatic rings. The van der Waals surface area contributed by atoms with Crippen LogP contribution in [-0.2, 0) is 0 Å². The number of hydrogen-bond acceptors (Lipinski definition) is 0. The van der Waals surface area contributed by atoms with Crippen LogP contribution in [0.25, 0.3) is 0 Å². The summed E-state index contributed by atoms with van der Waals surface area (Å²) < 4.78 is 0. The molecule has 0 heterocycles. The Hall–Kier alpha value is 0. The van der Waals surface area contributed by atoms with Crippen LogP contribution in [-0.4, -0.2) is 0 Å². The fraction of sp³-hybridized carbons (Fsp3) is 1.00. The van der Waals surface area contributed by atoms with Gasteiger partial charge in [0, 0.05) is 0 Å². The van der Waals surface area contributed by atoms with Gasteiger partial charge < -0.3 is 0 Å². The average Bonchev–Trinajstić information content (AvgIpc) is 2.74. The van der Waals surface area contributed by atoms with Gasteiger partial charge in [0.1, 0.15) is 0 Å². The van der Waals surface area contributed by atoms with E-state index in [4.69, 9.17) is 0 Å². The first-order chi connectivity index (χ1) is 13.7. The van der Waals surface area contributed by atoms with Crippen LogP contribution in [0.5, 0.6) is 0 Å². The lowest BCUT2D eigenvalue weighted by atomic mass is 9.65. The predicted octanol–water partition coefficient (Wildman–Crippen LogP) is 9.03. The van der Waals surface area contributed by atoms with E-state index in [9.17, 15) is 0 Å². The highest BCUT2D eigenvalue weighted by molar-refractivity contribution is 4.85. The van der Waals surface area contributed by atoms with E-state index in [0.717, 1.165) is 47.3 Å². The van der Waals surface area contributed by atoms with Gasteiger partial charge in [-0.3, -0.25) is 0 Å². The fourth-order valence-electron chi connectivity index (χ4n) is 7.88. The van der Waals surface area contributed by atoms with E-state index in [2.05, 4.69) is 13.8 Å². The van der Waals surface area contributed by atoms with Gasteiger partial charge in [0.05, 0.1) is 0 Å². The minimum absolute atomic E-state index is 1.02. The molecule has 0 radical (unpaired) electrons. The molecule has 0 nitrogen and oxygen atoms in total. The van der Waals surface area contributed by atoms with Gasteiger partial charge in [-0.15, -0.1) is 0 Å². The smallest absolute Gasteiger partial charge is 0.0386 e. The van der Waals surface area contributed by atoms with Crippen molar-refractivity contribution in [2.75, 3.05) is 0 Å². The molecule has 0 bridgehead atoms. The van der Waals surface area contributed by atoms with Gasteiger partial charge in [-0.25, -0.2) is 0 Å². The van der Waals surface area contributed by atoms with E-state index in [1.165, 1.54) is 25.7 Å². The maximum absolute atomic E-state index is 2.47. The second kappa shape index (κ2) is 10.3. The second-order valence-corrected chi connectivity index (χ2v) is 12.2. The molecule has 28 heavy (non-hydrogen) atoms. The molecule has 4 rings (SSSR count). The van der Waals surface area contributed by atoms with Crippen molar-refractivity contribution >= 4 is 0 Å². The Morgan fingerprint density at radius 3 is 1.00 bits per heavy atom. The molecule has 0 aliphatic heterocycles. The van der Waals surface area contributed by atoms with E-state index in [1.807, 2.05) is 0 Å². The first-order valence-corrected chi connectivity index (χ1v) is 13.7. The summed E-state index contributed by atoms with van der Waals surface area (Å²) in [6.45, 7) is 4.93. The van der Waals surface area contributed by atoms with E-state index >= 15 is 0 Å². The Labute approximate surface area is 177 Å². The zero-order chi connectivity index (χ0) is 19.3. The minimum atomic E-state index is 1.02. The van der Waals surface area contributed by atoms with Crippen molar-refractivity contribution in [1.29, 1.82) is 0 Å². The summed E-state index contributed by atoms with van der Waals surface area (Å²) in [5, 5.41) is 0. The van der Waals surface area contributed by atoms with Crippen LogP contribution < -0.4 is 0 Å². The lowest BCUT2D eigenvalue weighted by molar-refractivity contribution is 0.104. The van der Waals surface area contributed by atoms with Gasteiger partial charge >= 0.3 is 0 Å². The molecule has 0 N–H and O–H groups in total. The maximum Gasteiger partial charge on any atom is -0.0386 e. The minimum Gasteiger partial charge on any atom is -0.0625 e. The predicted molar refractivity (Wildman–Crippen MR) is 122 cm³/mol. The molecule has 0 saturated heterocycles. The molecule has 0 amide bonds. The van der Waals surface area contributed by atoms with Crippen LogP contribution in [0.3, 0.4) is 0 Å². The molecule has 0 heteroatoms. The zero-order valence-electron chi connectivity index (χ0n) is 19.3. The molecule has 4 aliphatic rings. The molecule has 4 aliphatic carbocycles. The normalized spacial score (nSPS) is 45.6. The molecule has 4 saturated carbocycles. The van der Waals surface area contributed by atoms with Gasteiger partial charge in [0.2, 0.25) is 0 Å².